The summed E-state index contributed by atoms with van der Waals surface area (Å²) in [5.74, 6) is 1.31. The zero-order valence-electron chi connectivity index (χ0n) is 14.2. The lowest BCUT2D eigenvalue weighted by Crippen LogP contribution is -2.08. The Morgan fingerprint density at radius 3 is 2.48 bits per heavy atom. The van der Waals surface area contributed by atoms with Gasteiger partial charge in [0.1, 0.15) is 11.5 Å². The Hall–Kier alpha value is -2.67. The summed E-state index contributed by atoms with van der Waals surface area (Å²) in [4.78, 5) is 9.43. The minimum Gasteiger partial charge on any atom is -0.339 e. The lowest BCUT2D eigenvalue weighted by Gasteiger charge is -2.10. The molecule has 4 aromatic rings. The van der Waals surface area contributed by atoms with Crippen molar-refractivity contribution in [2.45, 2.75) is 13.8 Å². The van der Waals surface area contributed by atoms with Crippen molar-refractivity contribution in [1.29, 1.82) is 0 Å². The number of hydrogen-bond donors (Lipinski definition) is 1. The maximum Gasteiger partial charge on any atom is 0.254 e. The summed E-state index contributed by atoms with van der Waals surface area (Å²) < 4.78 is 4.79. The van der Waals surface area contributed by atoms with E-state index in [9.17, 15) is 0 Å². The molecule has 0 saturated heterocycles. The molecule has 0 unspecified atom stereocenters. The van der Waals surface area contributed by atoms with Crippen LogP contribution in [0.2, 0.25) is 0 Å². The molecule has 0 atom stereocenters. The molecule has 0 saturated carbocycles. The van der Waals surface area contributed by atoms with Gasteiger partial charge in [0.15, 0.2) is 0 Å². The van der Waals surface area contributed by atoms with Crippen LogP contribution in [0.3, 0.4) is 0 Å². The molecule has 0 aliphatic carbocycles. The summed E-state index contributed by atoms with van der Waals surface area (Å²) in [5.41, 5.74) is 3.76. The Labute approximate surface area is 153 Å². The number of aryl methyl sites for hydroxylation is 3. The summed E-state index contributed by atoms with van der Waals surface area (Å²) in [6.45, 7) is 3.96. The Bertz CT molecular complexity index is 1060. The molecular formula is C18H17BrN6. The number of nitrogens with zero attached hydrogens (tertiary/aromatic N) is 5. The number of fused-ring (bicyclic) bond motifs is 1. The number of benzene rings is 1. The average Bonchev–Trinajstić information content (AvgIpc) is 3.12. The molecule has 0 aliphatic heterocycles. The van der Waals surface area contributed by atoms with Crippen LogP contribution in [0.4, 0.5) is 11.5 Å². The number of anilines is 2. The van der Waals surface area contributed by atoms with Crippen LogP contribution >= 0.6 is 15.9 Å². The Morgan fingerprint density at radius 1 is 1.04 bits per heavy atom. The van der Waals surface area contributed by atoms with Crippen LogP contribution in [0.1, 0.15) is 11.4 Å². The molecule has 7 heteroatoms. The van der Waals surface area contributed by atoms with Gasteiger partial charge in [-0.1, -0.05) is 15.9 Å². The summed E-state index contributed by atoms with van der Waals surface area (Å²) in [5, 5.41) is 8.88. The van der Waals surface area contributed by atoms with Crippen molar-refractivity contribution in [1.82, 2.24) is 24.3 Å². The molecule has 126 valence electrons. The Kier molecular flexibility index (Phi) is 3.80. The topological polar surface area (TPSA) is 60.6 Å². The van der Waals surface area contributed by atoms with Gasteiger partial charge in [-0.05, 0) is 50.2 Å². The lowest BCUT2D eigenvalue weighted by atomic mass is 10.3. The number of halogens is 1. The van der Waals surface area contributed by atoms with Gasteiger partial charge in [0.05, 0.1) is 11.1 Å². The first-order valence-electron chi connectivity index (χ1n) is 7.90. The van der Waals surface area contributed by atoms with Gasteiger partial charge < -0.3 is 9.88 Å². The minimum atomic E-state index is 0.555. The minimum absolute atomic E-state index is 0.555. The molecule has 1 N–H and O–H groups in total. The van der Waals surface area contributed by atoms with Crippen LogP contribution in [-0.4, -0.2) is 24.3 Å². The molecule has 0 amide bonds. The molecular weight excluding hydrogens is 380 g/mol. The first-order chi connectivity index (χ1) is 12.0. The SMILES string of the molecule is Cc1cc(C)n(-c2nc(Nc3ccc(Br)cc3)c3ccn(C)c3n2)n1. The summed E-state index contributed by atoms with van der Waals surface area (Å²) in [7, 11) is 1.98. The molecule has 0 bridgehead atoms. The van der Waals surface area contributed by atoms with Crippen molar-refractivity contribution >= 4 is 38.5 Å². The molecule has 0 fully saturated rings. The molecule has 4 rings (SSSR count). The largest absolute Gasteiger partial charge is 0.339 e. The maximum atomic E-state index is 4.73. The number of hydrogen-bond acceptors (Lipinski definition) is 4. The van der Waals surface area contributed by atoms with Gasteiger partial charge in [-0.2, -0.15) is 15.1 Å². The first-order valence-corrected chi connectivity index (χ1v) is 8.70. The highest BCUT2D eigenvalue weighted by atomic mass is 79.9. The van der Waals surface area contributed by atoms with E-state index in [1.807, 2.05) is 68.1 Å². The monoisotopic (exact) mass is 396 g/mol. The van der Waals surface area contributed by atoms with Crippen molar-refractivity contribution < 1.29 is 0 Å². The molecule has 25 heavy (non-hydrogen) atoms. The highest BCUT2D eigenvalue weighted by Crippen LogP contribution is 2.26. The highest BCUT2D eigenvalue weighted by Gasteiger charge is 2.14. The fourth-order valence-electron chi connectivity index (χ4n) is 2.82. The summed E-state index contributed by atoms with van der Waals surface area (Å²) >= 11 is 3.46. The molecule has 6 nitrogen and oxygen atoms in total. The second-order valence-electron chi connectivity index (χ2n) is 6.01. The third kappa shape index (κ3) is 2.91. The molecule has 0 radical (unpaired) electrons. The van der Waals surface area contributed by atoms with Gasteiger partial charge in [-0.15, -0.1) is 0 Å². The molecule has 3 aromatic heterocycles. The Balaban J connectivity index is 1.87. The predicted molar refractivity (Wildman–Crippen MR) is 103 cm³/mol. The third-order valence-electron chi connectivity index (χ3n) is 4.02. The van der Waals surface area contributed by atoms with Gasteiger partial charge in [-0.25, -0.2) is 4.68 Å². The standard InChI is InChI=1S/C18H17BrN6/c1-11-10-12(2)25(23-11)18-21-16(15-8-9-24(3)17(15)22-18)20-14-6-4-13(19)5-7-14/h4-10H,1-3H3,(H,20,21,22). The third-order valence-corrected chi connectivity index (χ3v) is 4.55. The normalized spacial score (nSPS) is 11.2. The van der Waals surface area contributed by atoms with E-state index >= 15 is 0 Å². The van der Waals surface area contributed by atoms with Gasteiger partial charge in [-0.3, -0.25) is 0 Å². The van der Waals surface area contributed by atoms with E-state index in [1.165, 1.54) is 0 Å². The van der Waals surface area contributed by atoms with Gasteiger partial charge in [0.25, 0.3) is 5.95 Å². The summed E-state index contributed by atoms with van der Waals surface area (Å²) in [6.07, 6.45) is 1.98. The second-order valence-corrected chi connectivity index (χ2v) is 6.92. The fourth-order valence-corrected chi connectivity index (χ4v) is 3.08. The van der Waals surface area contributed by atoms with E-state index in [4.69, 9.17) is 9.97 Å². The van der Waals surface area contributed by atoms with Crippen LogP contribution in [0, 0.1) is 13.8 Å². The van der Waals surface area contributed by atoms with Gasteiger partial charge >= 0.3 is 0 Å². The van der Waals surface area contributed by atoms with Gasteiger partial charge in [0.2, 0.25) is 0 Å². The first kappa shape index (κ1) is 15.8. The van der Waals surface area contributed by atoms with Crippen LogP contribution in [0.15, 0.2) is 47.1 Å². The molecule has 3 heterocycles. The predicted octanol–water partition coefficient (Wildman–Crippen LogP) is 4.28. The van der Waals surface area contributed by atoms with Crippen LogP contribution in [-0.2, 0) is 7.05 Å². The molecule has 0 spiro atoms. The van der Waals surface area contributed by atoms with Crippen LogP contribution in [0.5, 0.6) is 0 Å². The van der Waals surface area contributed by atoms with E-state index in [0.717, 1.165) is 38.4 Å². The lowest BCUT2D eigenvalue weighted by molar-refractivity contribution is 0.776. The average molecular weight is 397 g/mol. The zero-order chi connectivity index (χ0) is 17.6. The zero-order valence-corrected chi connectivity index (χ0v) is 15.7. The van der Waals surface area contributed by atoms with E-state index in [0.29, 0.717) is 5.95 Å². The van der Waals surface area contributed by atoms with E-state index in [2.05, 4.69) is 26.3 Å². The van der Waals surface area contributed by atoms with Crippen molar-refractivity contribution in [3.05, 3.63) is 58.5 Å². The van der Waals surface area contributed by atoms with Crippen molar-refractivity contribution in [3.8, 4) is 5.95 Å². The van der Waals surface area contributed by atoms with E-state index in [-0.39, 0.29) is 0 Å². The highest BCUT2D eigenvalue weighted by molar-refractivity contribution is 9.10. The number of nitrogens with one attached hydrogen (secondary N) is 1. The van der Waals surface area contributed by atoms with E-state index in [1.54, 1.807) is 4.68 Å². The Morgan fingerprint density at radius 2 is 1.80 bits per heavy atom. The fraction of sp³-hybridized carbons (Fsp3) is 0.167. The number of rotatable bonds is 3. The number of aromatic nitrogens is 5. The molecule has 0 aliphatic rings. The quantitative estimate of drug-likeness (QED) is 0.561. The second kappa shape index (κ2) is 6.00. The molecule has 1 aromatic carbocycles. The maximum absolute atomic E-state index is 4.73. The van der Waals surface area contributed by atoms with Gasteiger partial charge in [0, 0.05) is 29.1 Å². The smallest absolute Gasteiger partial charge is 0.254 e. The van der Waals surface area contributed by atoms with Crippen molar-refractivity contribution in [2.24, 2.45) is 7.05 Å². The van der Waals surface area contributed by atoms with Crippen LogP contribution in [0.25, 0.3) is 17.0 Å². The van der Waals surface area contributed by atoms with Crippen molar-refractivity contribution in [3.63, 3.8) is 0 Å². The summed E-state index contributed by atoms with van der Waals surface area (Å²) in [6, 6.07) is 12.0. The van der Waals surface area contributed by atoms with Crippen LogP contribution < -0.4 is 5.32 Å². The van der Waals surface area contributed by atoms with E-state index < -0.39 is 0 Å². The van der Waals surface area contributed by atoms with Crippen molar-refractivity contribution in [2.75, 3.05) is 5.32 Å².